The lowest BCUT2D eigenvalue weighted by Gasteiger charge is -2.18. The first kappa shape index (κ1) is 16.4. The Morgan fingerprint density at radius 2 is 1.92 bits per heavy atom. The van der Waals surface area contributed by atoms with E-state index in [1.165, 1.54) is 0 Å². The molecule has 4 heteroatoms. The van der Waals surface area contributed by atoms with Crippen LogP contribution in [0.1, 0.15) is 29.3 Å². The molecule has 1 aliphatic heterocycles. The summed E-state index contributed by atoms with van der Waals surface area (Å²) >= 11 is 0. The fraction of sp³-hybridized carbons (Fsp3) is 0.273. The molecule has 0 unspecified atom stereocenters. The number of carbonyl (C=O) groups is 1. The number of rotatable bonds is 3. The molecule has 0 spiro atoms. The molecule has 1 aromatic heterocycles. The number of imidazole rings is 1. The van der Waals surface area contributed by atoms with E-state index in [2.05, 4.69) is 42.5 Å². The second-order valence-electron chi connectivity index (χ2n) is 7.00. The summed E-state index contributed by atoms with van der Waals surface area (Å²) in [5.41, 5.74) is 5.24. The Bertz CT molecular complexity index is 1020. The van der Waals surface area contributed by atoms with Crippen LogP contribution in [0.15, 0.2) is 42.5 Å². The second kappa shape index (κ2) is 6.34. The van der Waals surface area contributed by atoms with Gasteiger partial charge in [-0.15, -0.1) is 6.42 Å². The Kier molecular flexibility index (Phi) is 4.00. The van der Waals surface area contributed by atoms with Crippen molar-refractivity contribution in [1.82, 2.24) is 9.55 Å². The first-order valence-corrected chi connectivity index (χ1v) is 8.84. The zero-order chi connectivity index (χ0) is 18.3. The molecule has 4 rings (SSSR count). The van der Waals surface area contributed by atoms with Gasteiger partial charge in [0.25, 0.3) is 0 Å². The average Bonchev–Trinajstić information content (AvgIpc) is 3.15. The predicted molar refractivity (Wildman–Crippen MR) is 104 cm³/mol. The predicted octanol–water partition coefficient (Wildman–Crippen LogP) is 3.81. The molecule has 3 aromatic rings. The van der Waals surface area contributed by atoms with Crippen LogP contribution >= 0.6 is 0 Å². The minimum Gasteiger partial charge on any atom is -0.316 e. The maximum absolute atomic E-state index is 12.7. The maximum atomic E-state index is 12.7. The number of carbonyl (C=O) groups excluding carboxylic acids is 1. The molecular formula is C22H21N3O. The molecule has 0 N–H and O–H groups in total. The van der Waals surface area contributed by atoms with Crippen LogP contribution in [-0.4, -0.2) is 22.0 Å². The molecule has 2 heterocycles. The van der Waals surface area contributed by atoms with Crippen LogP contribution in [0.3, 0.4) is 0 Å². The van der Waals surface area contributed by atoms with Crippen molar-refractivity contribution in [2.75, 3.05) is 11.4 Å². The number of terminal acetylenes is 1. The normalized spacial score (nSPS) is 17.0. The van der Waals surface area contributed by atoms with E-state index in [0.717, 1.165) is 33.7 Å². The molecule has 0 radical (unpaired) electrons. The van der Waals surface area contributed by atoms with Gasteiger partial charge in [0.2, 0.25) is 5.91 Å². The summed E-state index contributed by atoms with van der Waals surface area (Å²) in [5.74, 6) is 3.81. The Morgan fingerprint density at radius 3 is 2.65 bits per heavy atom. The van der Waals surface area contributed by atoms with Gasteiger partial charge < -0.3 is 9.47 Å². The van der Waals surface area contributed by atoms with Crippen molar-refractivity contribution >= 4 is 22.6 Å². The molecule has 1 fully saturated rings. The van der Waals surface area contributed by atoms with Crippen LogP contribution in [0.4, 0.5) is 5.69 Å². The molecular weight excluding hydrogens is 322 g/mol. The van der Waals surface area contributed by atoms with Crippen molar-refractivity contribution in [2.24, 2.45) is 0 Å². The summed E-state index contributed by atoms with van der Waals surface area (Å²) in [6.45, 7) is 5.21. The molecule has 130 valence electrons. The Morgan fingerprint density at radius 1 is 1.19 bits per heavy atom. The molecule has 1 saturated heterocycles. The van der Waals surface area contributed by atoms with E-state index < -0.39 is 0 Å². The van der Waals surface area contributed by atoms with E-state index in [-0.39, 0.29) is 11.8 Å². The number of hydrogen-bond acceptors (Lipinski definition) is 2. The van der Waals surface area contributed by atoms with Crippen LogP contribution in [-0.2, 0) is 11.3 Å². The van der Waals surface area contributed by atoms with Gasteiger partial charge in [-0.2, -0.15) is 0 Å². The van der Waals surface area contributed by atoms with E-state index >= 15 is 0 Å². The summed E-state index contributed by atoms with van der Waals surface area (Å²) in [5, 5.41) is 0. The van der Waals surface area contributed by atoms with Gasteiger partial charge in [-0.3, -0.25) is 4.79 Å². The van der Waals surface area contributed by atoms with Gasteiger partial charge in [0.1, 0.15) is 5.82 Å². The highest BCUT2D eigenvalue weighted by Crippen LogP contribution is 2.33. The van der Waals surface area contributed by atoms with E-state index in [4.69, 9.17) is 11.4 Å². The fourth-order valence-electron chi connectivity index (χ4n) is 3.90. The zero-order valence-electron chi connectivity index (χ0n) is 15.1. The van der Waals surface area contributed by atoms with Gasteiger partial charge in [-0.05, 0) is 49.2 Å². The first-order chi connectivity index (χ1) is 12.6. The highest BCUT2D eigenvalue weighted by molar-refractivity contribution is 5.96. The van der Waals surface area contributed by atoms with E-state index in [0.29, 0.717) is 19.5 Å². The van der Waals surface area contributed by atoms with Gasteiger partial charge in [-0.25, -0.2) is 4.98 Å². The number of nitrogens with zero attached hydrogens (tertiary/aromatic N) is 3. The number of para-hydroxylation sites is 2. The first-order valence-electron chi connectivity index (χ1n) is 8.84. The largest absolute Gasteiger partial charge is 0.316 e. The SMILES string of the molecule is C#CCn1c([C@H]2CC(=O)N(c3cc(C)cc(C)c3)C2)nc2ccccc21. The van der Waals surface area contributed by atoms with Gasteiger partial charge in [-0.1, -0.05) is 24.1 Å². The molecule has 1 amide bonds. The van der Waals surface area contributed by atoms with Crippen molar-refractivity contribution in [3.05, 3.63) is 59.4 Å². The quantitative estimate of drug-likeness (QED) is 0.678. The smallest absolute Gasteiger partial charge is 0.227 e. The number of hydrogen-bond donors (Lipinski definition) is 0. The highest BCUT2D eigenvalue weighted by Gasteiger charge is 2.34. The van der Waals surface area contributed by atoms with Crippen LogP contribution in [0.5, 0.6) is 0 Å². The summed E-state index contributed by atoms with van der Waals surface area (Å²) in [7, 11) is 0. The van der Waals surface area contributed by atoms with Crippen molar-refractivity contribution in [3.8, 4) is 12.3 Å². The van der Waals surface area contributed by atoms with Crippen molar-refractivity contribution in [3.63, 3.8) is 0 Å². The monoisotopic (exact) mass is 343 g/mol. The third kappa shape index (κ3) is 2.76. The lowest BCUT2D eigenvalue weighted by Crippen LogP contribution is -2.24. The number of anilines is 1. The standard InChI is InChI=1S/C22H21N3O/c1-4-9-24-20-8-6-5-7-19(20)23-22(24)17-13-21(26)25(14-17)18-11-15(2)10-16(3)12-18/h1,5-8,10-12,17H,9,13-14H2,2-3H3/t17-/m0/s1. The second-order valence-corrected chi connectivity index (χ2v) is 7.00. The Labute approximate surface area is 153 Å². The van der Waals surface area contributed by atoms with Crippen molar-refractivity contribution < 1.29 is 4.79 Å². The van der Waals surface area contributed by atoms with Gasteiger partial charge >= 0.3 is 0 Å². The third-order valence-electron chi connectivity index (χ3n) is 4.94. The molecule has 26 heavy (non-hydrogen) atoms. The molecule has 1 atom stereocenters. The van der Waals surface area contributed by atoms with E-state index in [9.17, 15) is 4.79 Å². The molecule has 0 bridgehead atoms. The summed E-state index contributed by atoms with van der Waals surface area (Å²) in [4.78, 5) is 19.4. The lowest BCUT2D eigenvalue weighted by molar-refractivity contribution is -0.117. The molecule has 1 aliphatic rings. The van der Waals surface area contributed by atoms with Gasteiger partial charge in [0.15, 0.2) is 0 Å². The molecule has 2 aromatic carbocycles. The summed E-state index contributed by atoms with van der Waals surface area (Å²) in [6.07, 6.45) is 6.04. The minimum atomic E-state index is 0.0454. The summed E-state index contributed by atoms with van der Waals surface area (Å²) in [6, 6.07) is 14.2. The Hall–Kier alpha value is -3.06. The van der Waals surface area contributed by atoms with Crippen LogP contribution in [0.2, 0.25) is 0 Å². The van der Waals surface area contributed by atoms with Gasteiger partial charge in [0, 0.05) is 24.6 Å². The maximum Gasteiger partial charge on any atom is 0.227 e. The highest BCUT2D eigenvalue weighted by atomic mass is 16.2. The average molecular weight is 343 g/mol. The van der Waals surface area contributed by atoms with Crippen LogP contribution in [0, 0.1) is 26.2 Å². The Balaban J connectivity index is 1.72. The number of aryl methyl sites for hydroxylation is 2. The molecule has 4 nitrogen and oxygen atoms in total. The van der Waals surface area contributed by atoms with Gasteiger partial charge in [0.05, 0.1) is 17.6 Å². The topological polar surface area (TPSA) is 38.1 Å². The van der Waals surface area contributed by atoms with Crippen LogP contribution < -0.4 is 4.90 Å². The number of amides is 1. The third-order valence-corrected chi connectivity index (χ3v) is 4.94. The van der Waals surface area contributed by atoms with Crippen LogP contribution in [0.25, 0.3) is 11.0 Å². The molecule has 0 aliphatic carbocycles. The lowest BCUT2D eigenvalue weighted by atomic mass is 10.1. The number of fused-ring (bicyclic) bond motifs is 1. The number of aromatic nitrogens is 2. The summed E-state index contributed by atoms with van der Waals surface area (Å²) < 4.78 is 2.07. The number of benzene rings is 2. The molecule has 0 saturated carbocycles. The van der Waals surface area contributed by atoms with Crippen molar-refractivity contribution in [2.45, 2.75) is 32.7 Å². The van der Waals surface area contributed by atoms with E-state index in [1.54, 1.807) is 0 Å². The fourth-order valence-corrected chi connectivity index (χ4v) is 3.90. The minimum absolute atomic E-state index is 0.0454. The zero-order valence-corrected chi connectivity index (χ0v) is 15.1. The van der Waals surface area contributed by atoms with E-state index in [1.807, 2.05) is 29.2 Å². The van der Waals surface area contributed by atoms with Crippen molar-refractivity contribution in [1.29, 1.82) is 0 Å².